The van der Waals surface area contributed by atoms with E-state index in [0.717, 1.165) is 11.4 Å². The minimum Gasteiger partial charge on any atom is -0.478 e. The fraction of sp³-hybridized carbons (Fsp3) is 0. The zero-order valence-electron chi connectivity index (χ0n) is 12.4. The number of rotatable bonds is 4. The number of carbonyl (C=O) groups is 1. The largest absolute Gasteiger partial charge is 0.478 e. The second-order valence-electron chi connectivity index (χ2n) is 5.01. The summed E-state index contributed by atoms with van der Waals surface area (Å²) in [7, 11) is 0. The molecule has 0 amide bonds. The molecule has 0 saturated carbocycles. The van der Waals surface area contributed by atoms with Gasteiger partial charge in [-0.1, -0.05) is 23.2 Å². The van der Waals surface area contributed by atoms with E-state index < -0.39 is 5.97 Å². The molecule has 3 aromatic rings. The van der Waals surface area contributed by atoms with Crippen LogP contribution >= 0.6 is 23.2 Å². The van der Waals surface area contributed by atoms with Crippen molar-refractivity contribution >= 4 is 41.1 Å². The molecular formula is C18H12Cl2N2O2. The van der Waals surface area contributed by atoms with E-state index in [2.05, 4.69) is 4.99 Å². The van der Waals surface area contributed by atoms with E-state index in [1.54, 1.807) is 12.3 Å². The molecule has 120 valence electrons. The molecule has 0 fully saturated rings. The average molecular weight is 359 g/mol. The summed E-state index contributed by atoms with van der Waals surface area (Å²) in [5, 5.41) is 9.82. The third kappa shape index (κ3) is 3.50. The Kier molecular flexibility index (Phi) is 4.69. The number of hydrogen-bond donors (Lipinski definition) is 1. The second kappa shape index (κ2) is 6.91. The van der Waals surface area contributed by atoms with E-state index in [1.807, 2.05) is 47.2 Å². The Bertz CT molecular complexity index is 915. The van der Waals surface area contributed by atoms with Crippen molar-refractivity contribution in [1.82, 2.24) is 4.57 Å². The molecule has 3 rings (SSSR count). The minimum absolute atomic E-state index is 0.0557. The van der Waals surface area contributed by atoms with E-state index in [0.29, 0.717) is 10.7 Å². The van der Waals surface area contributed by atoms with Crippen LogP contribution in [0.2, 0.25) is 10.0 Å². The molecule has 0 bridgehead atoms. The van der Waals surface area contributed by atoms with Gasteiger partial charge in [-0.3, -0.25) is 4.99 Å². The SMILES string of the molecule is O=C(O)c1ccc(N=Cc2cccn2-c2ccc(Cl)cc2)cc1Cl. The van der Waals surface area contributed by atoms with Crippen molar-refractivity contribution in [3.05, 3.63) is 82.1 Å². The van der Waals surface area contributed by atoms with Crippen molar-refractivity contribution in [3.8, 4) is 5.69 Å². The first kappa shape index (κ1) is 16.3. The molecule has 0 radical (unpaired) electrons. The number of benzene rings is 2. The van der Waals surface area contributed by atoms with Crippen LogP contribution in [-0.2, 0) is 0 Å². The van der Waals surface area contributed by atoms with E-state index >= 15 is 0 Å². The van der Waals surface area contributed by atoms with Crippen molar-refractivity contribution in [3.63, 3.8) is 0 Å². The number of carboxylic acids is 1. The quantitative estimate of drug-likeness (QED) is 0.648. The van der Waals surface area contributed by atoms with Gasteiger partial charge in [0.1, 0.15) is 0 Å². The third-order valence-electron chi connectivity index (χ3n) is 3.41. The first-order chi connectivity index (χ1) is 11.5. The van der Waals surface area contributed by atoms with Crippen molar-refractivity contribution in [2.24, 2.45) is 4.99 Å². The number of carboxylic acid groups (broad SMARTS) is 1. The Hall–Kier alpha value is -2.56. The Morgan fingerprint density at radius 3 is 2.50 bits per heavy atom. The fourth-order valence-electron chi connectivity index (χ4n) is 2.23. The molecule has 0 aliphatic carbocycles. The van der Waals surface area contributed by atoms with Crippen molar-refractivity contribution in [2.45, 2.75) is 0 Å². The highest BCUT2D eigenvalue weighted by molar-refractivity contribution is 6.33. The molecule has 0 saturated heterocycles. The van der Waals surface area contributed by atoms with Gasteiger partial charge in [0.05, 0.1) is 28.2 Å². The first-order valence-corrected chi connectivity index (χ1v) is 7.80. The van der Waals surface area contributed by atoms with Crippen LogP contribution in [0.4, 0.5) is 5.69 Å². The van der Waals surface area contributed by atoms with Crippen LogP contribution < -0.4 is 0 Å². The Morgan fingerprint density at radius 1 is 1.08 bits per heavy atom. The molecule has 4 nitrogen and oxygen atoms in total. The highest BCUT2D eigenvalue weighted by atomic mass is 35.5. The Labute approximate surface area is 148 Å². The van der Waals surface area contributed by atoms with Gasteiger partial charge in [0, 0.05) is 16.9 Å². The highest BCUT2D eigenvalue weighted by Gasteiger charge is 2.08. The van der Waals surface area contributed by atoms with Crippen LogP contribution in [0.1, 0.15) is 16.1 Å². The van der Waals surface area contributed by atoms with Crippen molar-refractivity contribution in [1.29, 1.82) is 0 Å². The maximum atomic E-state index is 11.0. The third-order valence-corrected chi connectivity index (χ3v) is 3.98. The molecule has 0 aliphatic rings. The summed E-state index contributed by atoms with van der Waals surface area (Å²) >= 11 is 11.9. The Balaban J connectivity index is 1.88. The van der Waals surface area contributed by atoms with Crippen LogP contribution in [0.3, 0.4) is 0 Å². The van der Waals surface area contributed by atoms with Crippen LogP contribution in [-0.4, -0.2) is 21.9 Å². The van der Waals surface area contributed by atoms with Crippen LogP contribution in [0.5, 0.6) is 0 Å². The van der Waals surface area contributed by atoms with Gasteiger partial charge in [-0.15, -0.1) is 0 Å². The molecular weight excluding hydrogens is 347 g/mol. The molecule has 1 aromatic heterocycles. The van der Waals surface area contributed by atoms with Gasteiger partial charge in [-0.2, -0.15) is 0 Å². The predicted octanol–water partition coefficient (Wildman–Crippen LogP) is 5.23. The molecule has 1 heterocycles. The number of hydrogen-bond acceptors (Lipinski definition) is 2. The maximum Gasteiger partial charge on any atom is 0.337 e. The van der Waals surface area contributed by atoms with Gasteiger partial charge in [0.2, 0.25) is 0 Å². The monoisotopic (exact) mass is 358 g/mol. The summed E-state index contributed by atoms with van der Waals surface area (Å²) in [6.45, 7) is 0. The number of aromatic carboxylic acids is 1. The lowest BCUT2D eigenvalue weighted by molar-refractivity contribution is 0.0697. The molecule has 2 aromatic carbocycles. The molecule has 0 spiro atoms. The highest BCUT2D eigenvalue weighted by Crippen LogP contribution is 2.23. The van der Waals surface area contributed by atoms with Gasteiger partial charge in [-0.25, -0.2) is 4.79 Å². The minimum atomic E-state index is -1.06. The van der Waals surface area contributed by atoms with E-state index in [9.17, 15) is 4.79 Å². The number of aliphatic imine (C=N–C) groups is 1. The second-order valence-corrected chi connectivity index (χ2v) is 5.85. The van der Waals surface area contributed by atoms with Gasteiger partial charge in [0.15, 0.2) is 0 Å². The van der Waals surface area contributed by atoms with E-state index in [-0.39, 0.29) is 10.6 Å². The topological polar surface area (TPSA) is 54.6 Å². The summed E-state index contributed by atoms with van der Waals surface area (Å²) in [4.78, 5) is 15.3. The zero-order chi connectivity index (χ0) is 17.1. The number of nitrogens with zero attached hydrogens (tertiary/aromatic N) is 2. The summed E-state index contributed by atoms with van der Waals surface area (Å²) in [6.07, 6.45) is 3.62. The lowest BCUT2D eigenvalue weighted by Crippen LogP contribution is -1.98. The Morgan fingerprint density at radius 2 is 1.83 bits per heavy atom. The normalized spacial score (nSPS) is 11.1. The summed E-state index contributed by atoms with van der Waals surface area (Å²) < 4.78 is 1.97. The molecule has 0 aliphatic heterocycles. The van der Waals surface area contributed by atoms with Crippen molar-refractivity contribution < 1.29 is 9.90 Å². The van der Waals surface area contributed by atoms with E-state index in [1.165, 1.54) is 12.1 Å². The van der Waals surface area contributed by atoms with E-state index in [4.69, 9.17) is 28.3 Å². The van der Waals surface area contributed by atoms with Crippen LogP contribution in [0.25, 0.3) is 5.69 Å². The summed E-state index contributed by atoms with van der Waals surface area (Å²) in [5.41, 5.74) is 2.47. The molecule has 0 unspecified atom stereocenters. The molecule has 0 atom stereocenters. The predicted molar refractivity (Wildman–Crippen MR) is 96.4 cm³/mol. The summed E-state index contributed by atoms with van der Waals surface area (Å²) in [5.74, 6) is -1.06. The average Bonchev–Trinajstić information content (AvgIpc) is 3.02. The summed E-state index contributed by atoms with van der Waals surface area (Å²) in [6, 6.07) is 15.9. The molecule has 6 heteroatoms. The fourth-order valence-corrected chi connectivity index (χ4v) is 2.62. The zero-order valence-corrected chi connectivity index (χ0v) is 13.9. The molecule has 24 heavy (non-hydrogen) atoms. The first-order valence-electron chi connectivity index (χ1n) is 7.05. The van der Waals surface area contributed by atoms with Gasteiger partial charge in [-0.05, 0) is 54.6 Å². The maximum absolute atomic E-state index is 11.0. The standard InChI is InChI=1S/C18H12Cl2N2O2/c19-12-3-6-14(7-4-12)22-9-1-2-15(22)11-21-13-5-8-16(18(23)24)17(20)10-13/h1-11H,(H,23,24). The lowest BCUT2D eigenvalue weighted by atomic mass is 10.2. The lowest BCUT2D eigenvalue weighted by Gasteiger charge is -2.06. The number of halogens is 2. The van der Waals surface area contributed by atoms with Gasteiger partial charge >= 0.3 is 5.97 Å². The van der Waals surface area contributed by atoms with Gasteiger partial charge < -0.3 is 9.67 Å². The van der Waals surface area contributed by atoms with Gasteiger partial charge in [0.25, 0.3) is 0 Å². The van der Waals surface area contributed by atoms with Crippen LogP contribution in [0, 0.1) is 0 Å². The smallest absolute Gasteiger partial charge is 0.337 e. The van der Waals surface area contributed by atoms with Crippen LogP contribution in [0.15, 0.2) is 65.8 Å². The van der Waals surface area contributed by atoms with Crippen molar-refractivity contribution in [2.75, 3.05) is 0 Å². The number of aromatic nitrogens is 1. The molecule has 1 N–H and O–H groups in total.